The maximum Gasteiger partial charge on any atom is 0.0971 e. The van der Waals surface area contributed by atoms with Crippen LogP contribution in [0, 0.1) is 17.8 Å². The van der Waals surface area contributed by atoms with Crippen molar-refractivity contribution in [1.29, 1.82) is 0 Å². The van der Waals surface area contributed by atoms with Crippen molar-refractivity contribution < 1.29 is 15.3 Å². The SMILES string of the molecule is C=C1C(O)CC(C(C)C)C2C=C(C)C(O)CC12O. The fraction of sp³-hybridized carbons (Fsp3) is 0.733. The molecule has 3 heteroatoms. The first-order chi connectivity index (χ1) is 8.27. The first kappa shape index (κ1) is 13.8. The molecule has 2 rings (SSSR count). The van der Waals surface area contributed by atoms with E-state index in [-0.39, 0.29) is 18.3 Å². The van der Waals surface area contributed by atoms with Gasteiger partial charge >= 0.3 is 0 Å². The molecule has 0 amide bonds. The standard InChI is InChI=1S/C15H24O3/c1-8(2)11-6-13(16)10(4)15(18)7-14(17)9(3)5-12(11)15/h5,8,11-14,16-18H,4,6-7H2,1-3H3. The van der Waals surface area contributed by atoms with Gasteiger partial charge in [0.15, 0.2) is 0 Å². The molecule has 0 aromatic carbocycles. The van der Waals surface area contributed by atoms with E-state index in [4.69, 9.17) is 0 Å². The fourth-order valence-corrected chi connectivity index (χ4v) is 3.47. The van der Waals surface area contributed by atoms with Gasteiger partial charge in [0.05, 0.1) is 17.8 Å². The van der Waals surface area contributed by atoms with Gasteiger partial charge in [0, 0.05) is 12.3 Å². The number of aliphatic hydroxyl groups excluding tert-OH is 2. The smallest absolute Gasteiger partial charge is 0.0971 e. The number of fused-ring (bicyclic) bond motifs is 1. The van der Waals surface area contributed by atoms with E-state index in [0.29, 0.717) is 17.9 Å². The Morgan fingerprint density at radius 1 is 1.33 bits per heavy atom. The van der Waals surface area contributed by atoms with Crippen molar-refractivity contribution in [3.8, 4) is 0 Å². The lowest BCUT2D eigenvalue weighted by Crippen LogP contribution is -2.55. The molecule has 3 N–H and O–H groups in total. The summed E-state index contributed by atoms with van der Waals surface area (Å²) in [6.07, 6.45) is 1.57. The second-order valence-corrected chi connectivity index (χ2v) is 6.27. The lowest BCUT2D eigenvalue weighted by molar-refractivity contribution is -0.0825. The van der Waals surface area contributed by atoms with E-state index >= 15 is 0 Å². The average Bonchev–Trinajstić information content (AvgIpc) is 2.28. The number of hydrogen-bond donors (Lipinski definition) is 3. The molecule has 18 heavy (non-hydrogen) atoms. The van der Waals surface area contributed by atoms with Crippen molar-refractivity contribution in [3.05, 3.63) is 23.8 Å². The predicted octanol–water partition coefficient (Wildman–Crippen LogP) is 1.64. The quantitative estimate of drug-likeness (QED) is 0.622. The van der Waals surface area contributed by atoms with Crippen LogP contribution in [0.5, 0.6) is 0 Å². The van der Waals surface area contributed by atoms with Gasteiger partial charge in [-0.25, -0.2) is 0 Å². The van der Waals surface area contributed by atoms with E-state index in [0.717, 1.165) is 5.57 Å². The molecule has 5 unspecified atom stereocenters. The largest absolute Gasteiger partial charge is 0.389 e. The van der Waals surface area contributed by atoms with Crippen LogP contribution in [0.25, 0.3) is 0 Å². The molecule has 5 atom stereocenters. The van der Waals surface area contributed by atoms with Gasteiger partial charge < -0.3 is 15.3 Å². The minimum absolute atomic E-state index is 0.0446. The minimum Gasteiger partial charge on any atom is -0.389 e. The minimum atomic E-state index is -1.16. The highest BCUT2D eigenvalue weighted by Gasteiger charge is 2.52. The van der Waals surface area contributed by atoms with E-state index in [9.17, 15) is 15.3 Å². The molecule has 0 saturated heterocycles. The van der Waals surface area contributed by atoms with Gasteiger partial charge in [0.25, 0.3) is 0 Å². The molecule has 0 bridgehead atoms. The second-order valence-electron chi connectivity index (χ2n) is 6.27. The van der Waals surface area contributed by atoms with E-state index in [2.05, 4.69) is 20.4 Å². The Labute approximate surface area is 109 Å². The van der Waals surface area contributed by atoms with E-state index in [1.165, 1.54) is 0 Å². The highest BCUT2D eigenvalue weighted by Crippen LogP contribution is 2.50. The van der Waals surface area contributed by atoms with Crippen LogP contribution in [-0.2, 0) is 0 Å². The summed E-state index contributed by atoms with van der Waals surface area (Å²) in [6.45, 7) is 9.98. The lowest BCUT2D eigenvalue weighted by Gasteiger charge is -2.51. The highest BCUT2D eigenvalue weighted by atomic mass is 16.3. The summed E-state index contributed by atoms with van der Waals surface area (Å²) in [5.41, 5.74) is 0.220. The molecule has 102 valence electrons. The van der Waals surface area contributed by atoms with Crippen molar-refractivity contribution in [2.24, 2.45) is 17.8 Å². The van der Waals surface area contributed by atoms with Gasteiger partial charge in [-0.3, -0.25) is 0 Å². The molecular weight excluding hydrogens is 228 g/mol. The molecule has 0 aromatic heterocycles. The van der Waals surface area contributed by atoms with Crippen LogP contribution in [0.2, 0.25) is 0 Å². The first-order valence-corrected chi connectivity index (χ1v) is 6.73. The third-order valence-corrected chi connectivity index (χ3v) is 4.80. The van der Waals surface area contributed by atoms with Gasteiger partial charge in [-0.15, -0.1) is 0 Å². The summed E-state index contributed by atoms with van der Waals surface area (Å²) < 4.78 is 0. The van der Waals surface area contributed by atoms with E-state index < -0.39 is 17.8 Å². The Morgan fingerprint density at radius 2 is 1.94 bits per heavy atom. The molecule has 1 fully saturated rings. The summed E-state index contributed by atoms with van der Waals surface area (Å²) in [6, 6.07) is 0. The number of hydrogen-bond acceptors (Lipinski definition) is 3. The first-order valence-electron chi connectivity index (χ1n) is 6.73. The topological polar surface area (TPSA) is 60.7 Å². The predicted molar refractivity (Wildman–Crippen MR) is 70.9 cm³/mol. The molecule has 0 radical (unpaired) electrons. The summed E-state index contributed by atoms with van der Waals surface area (Å²) in [7, 11) is 0. The third kappa shape index (κ3) is 1.94. The molecule has 3 nitrogen and oxygen atoms in total. The zero-order valence-electron chi connectivity index (χ0n) is 11.4. The maximum atomic E-state index is 10.9. The Morgan fingerprint density at radius 3 is 2.50 bits per heavy atom. The Hall–Kier alpha value is -0.640. The van der Waals surface area contributed by atoms with Crippen LogP contribution in [0.15, 0.2) is 23.8 Å². The Kier molecular flexibility index (Phi) is 3.43. The van der Waals surface area contributed by atoms with Crippen LogP contribution >= 0.6 is 0 Å². The summed E-state index contributed by atoms with van der Waals surface area (Å²) >= 11 is 0. The Bertz CT molecular complexity index is 385. The number of aliphatic hydroxyl groups is 3. The molecule has 2 aliphatic carbocycles. The maximum absolute atomic E-state index is 10.9. The molecule has 2 aliphatic rings. The fourth-order valence-electron chi connectivity index (χ4n) is 3.47. The Balaban J connectivity index is 2.45. The van der Waals surface area contributed by atoms with Crippen molar-refractivity contribution in [1.82, 2.24) is 0 Å². The van der Waals surface area contributed by atoms with Crippen molar-refractivity contribution in [3.63, 3.8) is 0 Å². The van der Waals surface area contributed by atoms with Gasteiger partial charge in [-0.2, -0.15) is 0 Å². The van der Waals surface area contributed by atoms with E-state index in [1.54, 1.807) is 0 Å². The van der Waals surface area contributed by atoms with Crippen molar-refractivity contribution in [2.75, 3.05) is 0 Å². The molecule has 0 spiro atoms. The van der Waals surface area contributed by atoms with Gasteiger partial charge in [0.1, 0.15) is 0 Å². The summed E-state index contributed by atoms with van der Waals surface area (Å²) in [4.78, 5) is 0. The van der Waals surface area contributed by atoms with Crippen molar-refractivity contribution >= 4 is 0 Å². The zero-order valence-corrected chi connectivity index (χ0v) is 11.4. The average molecular weight is 252 g/mol. The highest BCUT2D eigenvalue weighted by molar-refractivity contribution is 5.32. The van der Waals surface area contributed by atoms with E-state index in [1.807, 2.05) is 13.0 Å². The molecule has 0 aromatic rings. The van der Waals surface area contributed by atoms with Crippen LogP contribution in [-0.4, -0.2) is 33.1 Å². The van der Waals surface area contributed by atoms with Crippen LogP contribution in [0.4, 0.5) is 0 Å². The van der Waals surface area contributed by atoms with Gasteiger partial charge in [-0.1, -0.05) is 26.5 Å². The normalized spacial score (nSPS) is 44.8. The van der Waals surface area contributed by atoms with Crippen LogP contribution in [0.1, 0.15) is 33.6 Å². The summed E-state index contributed by atoms with van der Waals surface area (Å²) in [5, 5.41) is 30.9. The van der Waals surface area contributed by atoms with Crippen LogP contribution < -0.4 is 0 Å². The van der Waals surface area contributed by atoms with Crippen molar-refractivity contribution in [2.45, 2.75) is 51.4 Å². The van der Waals surface area contributed by atoms with Gasteiger partial charge in [0.2, 0.25) is 0 Å². The molecule has 0 aliphatic heterocycles. The number of rotatable bonds is 1. The molecule has 0 heterocycles. The molecular formula is C15H24O3. The van der Waals surface area contributed by atoms with Crippen LogP contribution in [0.3, 0.4) is 0 Å². The zero-order chi connectivity index (χ0) is 13.7. The monoisotopic (exact) mass is 252 g/mol. The van der Waals surface area contributed by atoms with Gasteiger partial charge in [-0.05, 0) is 36.3 Å². The second kappa shape index (κ2) is 4.48. The third-order valence-electron chi connectivity index (χ3n) is 4.80. The summed E-state index contributed by atoms with van der Waals surface area (Å²) in [5.74, 6) is 0.554. The lowest BCUT2D eigenvalue weighted by atomic mass is 9.58. The molecule has 1 saturated carbocycles.